The number of hydrogen-bond donors (Lipinski definition) is 2. The molecule has 0 radical (unpaired) electrons. The Hall–Kier alpha value is -1.35. The molecule has 3 atom stereocenters. The summed E-state index contributed by atoms with van der Waals surface area (Å²) in [6, 6.07) is 10.8. The Bertz CT molecular complexity index is 412. The summed E-state index contributed by atoms with van der Waals surface area (Å²) in [5.74, 6) is 0.719. The first-order chi connectivity index (χ1) is 8.84. The zero-order valence-electron chi connectivity index (χ0n) is 10.6. The zero-order valence-corrected chi connectivity index (χ0v) is 10.6. The van der Waals surface area contributed by atoms with Crippen LogP contribution in [-0.4, -0.2) is 24.5 Å². The van der Waals surface area contributed by atoms with E-state index in [1.807, 2.05) is 6.07 Å². The molecule has 3 nitrogen and oxygen atoms in total. The average Bonchev–Trinajstić information content (AvgIpc) is 3.20. The van der Waals surface area contributed by atoms with Gasteiger partial charge in [-0.05, 0) is 31.4 Å². The number of carbonyl (C=O) groups is 1. The third-order valence-corrected chi connectivity index (χ3v) is 3.97. The second-order valence-electron chi connectivity index (χ2n) is 5.37. The monoisotopic (exact) mass is 244 g/mol. The van der Waals surface area contributed by atoms with E-state index in [0.717, 1.165) is 25.8 Å². The van der Waals surface area contributed by atoms with Gasteiger partial charge in [-0.2, -0.15) is 0 Å². The van der Waals surface area contributed by atoms with E-state index in [1.165, 1.54) is 12.0 Å². The van der Waals surface area contributed by atoms with Crippen molar-refractivity contribution in [3.63, 3.8) is 0 Å². The van der Waals surface area contributed by atoms with E-state index in [4.69, 9.17) is 0 Å². The quantitative estimate of drug-likeness (QED) is 0.851. The van der Waals surface area contributed by atoms with Crippen LogP contribution >= 0.6 is 0 Å². The Kier molecular flexibility index (Phi) is 3.33. The van der Waals surface area contributed by atoms with Crippen LogP contribution in [0.5, 0.6) is 0 Å². The number of benzene rings is 1. The smallest absolute Gasteiger partial charge is 0.237 e. The highest BCUT2D eigenvalue weighted by Crippen LogP contribution is 2.40. The average molecular weight is 244 g/mol. The number of hydrogen-bond acceptors (Lipinski definition) is 2. The number of nitrogens with one attached hydrogen (secondary N) is 2. The molecule has 3 rings (SSSR count). The fourth-order valence-corrected chi connectivity index (χ4v) is 2.78. The van der Waals surface area contributed by atoms with E-state index in [9.17, 15) is 4.79 Å². The molecule has 1 heterocycles. The van der Waals surface area contributed by atoms with Crippen LogP contribution in [0.15, 0.2) is 30.3 Å². The van der Waals surface area contributed by atoms with E-state index in [-0.39, 0.29) is 11.9 Å². The summed E-state index contributed by atoms with van der Waals surface area (Å²) >= 11 is 0. The molecule has 0 bridgehead atoms. The van der Waals surface area contributed by atoms with Crippen molar-refractivity contribution in [3.05, 3.63) is 35.9 Å². The van der Waals surface area contributed by atoms with Gasteiger partial charge in [-0.15, -0.1) is 0 Å². The summed E-state index contributed by atoms with van der Waals surface area (Å²) in [5.41, 5.74) is 1.35. The van der Waals surface area contributed by atoms with E-state index in [1.54, 1.807) is 0 Å². The van der Waals surface area contributed by atoms with Gasteiger partial charge in [0.15, 0.2) is 0 Å². The Morgan fingerprint density at radius 3 is 2.78 bits per heavy atom. The van der Waals surface area contributed by atoms with Crippen LogP contribution in [-0.2, 0) is 4.79 Å². The van der Waals surface area contributed by atoms with Crippen molar-refractivity contribution >= 4 is 5.91 Å². The Balaban J connectivity index is 1.51. The Morgan fingerprint density at radius 2 is 2.06 bits per heavy atom. The first kappa shape index (κ1) is 11.7. The SMILES string of the molecule is O=C(NC1CC1c1ccccc1)C1CCCCN1. The van der Waals surface area contributed by atoms with Gasteiger partial charge >= 0.3 is 0 Å². The third kappa shape index (κ3) is 2.56. The summed E-state index contributed by atoms with van der Waals surface area (Å²) in [4.78, 5) is 12.1. The number of amides is 1. The lowest BCUT2D eigenvalue weighted by molar-refractivity contribution is -0.123. The molecule has 1 aromatic carbocycles. The molecule has 1 aliphatic heterocycles. The predicted octanol–water partition coefficient (Wildman–Crippen LogP) is 1.80. The van der Waals surface area contributed by atoms with Crippen molar-refractivity contribution in [1.29, 1.82) is 0 Å². The number of carbonyl (C=O) groups excluding carboxylic acids is 1. The summed E-state index contributed by atoms with van der Waals surface area (Å²) in [5, 5.41) is 6.47. The molecule has 1 saturated heterocycles. The standard InChI is InChI=1S/C15H20N2O/c18-15(13-8-4-5-9-16-13)17-14-10-12(14)11-6-2-1-3-7-11/h1-3,6-7,12-14,16H,4-5,8-10H2,(H,17,18). The highest BCUT2D eigenvalue weighted by molar-refractivity contribution is 5.82. The van der Waals surface area contributed by atoms with Gasteiger partial charge in [0.25, 0.3) is 0 Å². The van der Waals surface area contributed by atoms with E-state index < -0.39 is 0 Å². The van der Waals surface area contributed by atoms with Crippen LogP contribution in [0.3, 0.4) is 0 Å². The van der Waals surface area contributed by atoms with E-state index >= 15 is 0 Å². The topological polar surface area (TPSA) is 41.1 Å². The van der Waals surface area contributed by atoms with E-state index in [2.05, 4.69) is 34.9 Å². The van der Waals surface area contributed by atoms with E-state index in [0.29, 0.717) is 12.0 Å². The van der Waals surface area contributed by atoms with Crippen LogP contribution in [0.25, 0.3) is 0 Å². The van der Waals surface area contributed by atoms with Gasteiger partial charge in [-0.3, -0.25) is 4.79 Å². The maximum Gasteiger partial charge on any atom is 0.237 e. The van der Waals surface area contributed by atoms with Crippen molar-refractivity contribution in [2.75, 3.05) is 6.54 Å². The molecule has 18 heavy (non-hydrogen) atoms. The predicted molar refractivity (Wildman–Crippen MR) is 71.4 cm³/mol. The van der Waals surface area contributed by atoms with Crippen molar-refractivity contribution in [1.82, 2.24) is 10.6 Å². The maximum absolute atomic E-state index is 12.1. The highest BCUT2D eigenvalue weighted by atomic mass is 16.2. The maximum atomic E-state index is 12.1. The molecule has 96 valence electrons. The molecule has 2 aliphatic rings. The largest absolute Gasteiger partial charge is 0.351 e. The van der Waals surface area contributed by atoms with Crippen LogP contribution in [0, 0.1) is 0 Å². The molecule has 0 aromatic heterocycles. The Labute approximate surface area is 108 Å². The molecule has 1 amide bonds. The van der Waals surface area contributed by atoms with Gasteiger partial charge in [0.05, 0.1) is 6.04 Å². The summed E-state index contributed by atoms with van der Waals surface area (Å²) in [6.07, 6.45) is 4.43. The van der Waals surface area contributed by atoms with Crippen molar-refractivity contribution in [2.24, 2.45) is 0 Å². The van der Waals surface area contributed by atoms with Crippen molar-refractivity contribution in [2.45, 2.75) is 43.7 Å². The molecular weight excluding hydrogens is 224 g/mol. The highest BCUT2D eigenvalue weighted by Gasteiger charge is 2.40. The zero-order chi connectivity index (χ0) is 12.4. The summed E-state index contributed by atoms with van der Waals surface area (Å²) in [6.45, 7) is 0.977. The minimum Gasteiger partial charge on any atom is -0.351 e. The van der Waals surface area contributed by atoms with Crippen LogP contribution in [0.4, 0.5) is 0 Å². The summed E-state index contributed by atoms with van der Waals surface area (Å²) in [7, 11) is 0. The van der Waals surface area contributed by atoms with Crippen LogP contribution < -0.4 is 10.6 Å². The van der Waals surface area contributed by atoms with Gasteiger partial charge in [0.2, 0.25) is 5.91 Å². The van der Waals surface area contributed by atoms with Gasteiger partial charge in [0.1, 0.15) is 0 Å². The molecule has 2 N–H and O–H groups in total. The van der Waals surface area contributed by atoms with Gasteiger partial charge < -0.3 is 10.6 Å². The van der Waals surface area contributed by atoms with Crippen molar-refractivity contribution in [3.8, 4) is 0 Å². The number of piperidine rings is 1. The Morgan fingerprint density at radius 1 is 1.22 bits per heavy atom. The molecule has 1 aliphatic carbocycles. The molecule has 1 aromatic rings. The molecule has 1 saturated carbocycles. The molecule has 3 unspecified atom stereocenters. The van der Waals surface area contributed by atoms with Gasteiger partial charge in [0, 0.05) is 12.0 Å². The van der Waals surface area contributed by atoms with Gasteiger partial charge in [-0.25, -0.2) is 0 Å². The van der Waals surface area contributed by atoms with Crippen LogP contribution in [0.1, 0.15) is 37.2 Å². The first-order valence-electron chi connectivity index (χ1n) is 6.93. The third-order valence-electron chi connectivity index (χ3n) is 3.97. The molecule has 3 heteroatoms. The minimum atomic E-state index is 0.0378. The fourth-order valence-electron chi connectivity index (χ4n) is 2.78. The van der Waals surface area contributed by atoms with Crippen molar-refractivity contribution < 1.29 is 4.79 Å². The number of rotatable bonds is 3. The lowest BCUT2D eigenvalue weighted by Crippen LogP contribution is -2.47. The first-order valence-corrected chi connectivity index (χ1v) is 6.93. The lowest BCUT2D eigenvalue weighted by Gasteiger charge is -2.22. The molecule has 0 spiro atoms. The summed E-state index contributed by atoms with van der Waals surface area (Å²) < 4.78 is 0. The lowest BCUT2D eigenvalue weighted by atomic mass is 10.0. The normalized spacial score (nSPS) is 30.8. The van der Waals surface area contributed by atoms with Gasteiger partial charge in [-0.1, -0.05) is 36.8 Å². The minimum absolute atomic E-state index is 0.0378. The second kappa shape index (κ2) is 5.11. The fraction of sp³-hybridized carbons (Fsp3) is 0.533. The molecule has 2 fully saturated rings. The van der Waals surface area contributed by atoms with Crippen LogP contribution in [0.2, 0.25) is 0 Å². The molecular formula is C15H20N2O. The second-order valence-corrected chi connectivity index (χ2v) is 5.37.